The summed E-state index contributed by atoms with van der Waals surface area (Å²) >= 11 is 0. The van der Waals surface area contributed by atoms with Gasteiger partial charge < -0.3 is 15.0 Å². The fourth-order valence-electron chi connectivity index (χ4n) is 4.41. The highest BCUT2D eigenvalue weighted by atomic mass is 16.5. The van der Waals surface area contributed by atoms with E-state index in [0.29, 0.717) is 5.92 Å². The van der Waals surface area contributed by atoms with Crippen LogP contribution in [0.1, 0.15) is 51.0 Å². The number of nitrogens with one attached hydrogen (secondary N) is 1. The van der Waals surface area contributed by atoms with Crippen LogP contribution < -0.4 is 10.1 Å². The van der Waals surface area contributed by atoms with Crippen LogP contribution in [-0.2, 0) is 4.79 Å². The number of carbonyl (C=O) groups is 1. The van der Waals surface area contributed by atoms with Crippen LogP contribution in [0.25, 0.3) is 0 Å². The van der Waals surface area contributed by atoms with Crippen molar-refractivity contribution in [1.29, 1.82) is 0 Å². The predicted molar refractivity (Wildman–Crippen MR) is 109 cm³/mol. The normalized spacial score (nSPS) is 21.7. The number of hydrogen-bond donors (Lipinski definition) is 1. The highest BCUT2D eigenvalue weighted by Gasteiger charge is 2.40. The van der Waals surface area contributed by atoms with Gasteiger partial charge in [-0.15, -0.1) is 0 Å². The quantitative estimate of drug-likeness (QED) is 0.862. The molecule has 2 saturated heterocycles. The fraction of sp³-hybridized carbons (Fsp3) is 0.682. The van der Waals surface area contributed by atoms with Crippen molar-refractivity contribution >= 4 is 5.91 Å². The Hall–Kier alpha value is -1.59. The van der Waals surface area contributed by atoms with Crippen molar-refractivity contribution < 1.29 is 9.53 Å². The molecule has 1 amide bonds. The monoisotopic (exact) mass is 373 g/mol. The number of likely N-dealkylation sites (N-methyl/N-ethyl adjacent to an activating group) is 1. The van der Waals surface area contributed by atoms with Crippen molar-refractivity contribution in [2.24, 2.45) is 0 Å². The number of ether oxygens (including phenoxy) is 1. The Bertz CT molecular complexity index is 628. The van der Waals surface area contributed by atoms with Crippen LogP contribution >= 0.6 is 0 Å². The first-order valence-electron chi connectivity index (χ1n) is 10.5. The Balaban J connectivity index is 1.65. The lowest BCUT2D eigenvalue weighted by molar-refractivity contribution is -0.134. The predicted octanol–water partition coefficient (Wildman–Crippen LogP) is 2.87. The standard InChI is InChI=1S/C22H35N3O2/c1-4-18(2)19-8-5-6-9-20(19)27-16-21(26)25-15-7-14-24(3)22(17-25)10-12-23-13-11-22/h5-6,8-9,18,23H,4,7,10-17H2,1-3H3/t18-/m0/s1. The number of hydrogen-bond acceptors (Lipinski definition) is 4. The van der Waals surface area contributed by atoms with Crippen molar-refractivity contribution in [3.05, 3.63) is 29.8 Å². The molecule has 0 saturated carbocycles. The minimum Gasteiger partial charge on any atom is -0.483 e. The van der Waals surface area contributed by atoms with E-state index in [4.69, 9.17) is 4.74 Å². The summed E-state index contributed by atoms with van der Waals surface area (Å²) in [4.78, 5) is 17.5. The molecule has 2 aliphatic heterocycles. The van der Waals surface area contributed by atoms with Crippen molar-refractivity contribution in [2.45, 2.75) is 51.0 Å². The lowest BCUT2D eigenvalue weighted by atomic mass is 9.86. The first kappa shape index (κ1) is 20.2. The van der Waals surface area contributed by atoms with Gasteiger partial charge in [0.05, 0.1) is 0 Å². The number of rotatable bonds is 5. The maximum absolute atomic E-state index is 13.0. The third-order valence-corrected chi connectivity index (χ3v) is 6.52. The van der Waals surface area contributed by atoms with Gasteiger partial charge >= 0.3 is 0 Å². The molecule has 1 N–H and O–H groups in total. The molecule has 2 fully saturated rings. The molecular formula is C22H35N3O2. The number of carbonyl (C=O) groups excluding carboxylic acids is 1. The molecule has 5 heteroatoms. The number of nitrogens with zero attached hydrogens (tertiary/aromatic N) is 2. The summed E-state index contributed by atoms with van der Waals surface area (Å²) in [5.41, 5.74) is 1.31. The highest BCUT2D eigenvalue weighted by molar-refractivity contribution is 5.78. The molecule has 150 valence electrons. The largest absolute Gasteiger partial charge is 0.483 e. The zero-order valence-corrected chi connectivity index (χ0v) is 17.2. The minimum absolute atomic E-state index is 0.113. The van der Waals surface area contributed by atoms with Crippen LogP contribution in [0.4, 0.5) is 0 Å². The van der Waals surface area contributed by atoms with Crippen LogP contribution in [-0.4, -0.2) is 67.6 Å². The Morgan fingerprint density at radius 3 is 2.74 bits per heavy atom. The van der Waals surface area contributed by atoms with Crippen LogP contribution in [0.2, 0.25) is 0 Å². The van der Waals surface area contributed by atoms with Gasteiger partial charge in [-0.2, -0.15) is 0 Å². The molecule has 3 rings (SSSR count). The lowest BCUT2D eigenvalue weighted by Gasteiger charge is -2.45. The Kier molecular flexibility index (Phi) is 6.77. The van der Waals surface area contributed by atoms with Gasteiger partial charge in [0.2, 0.25) is 0 Å². The maximum Gasteiger partial charge on any atom is 0.260 e. The Morgan fingerprint density at radius 1 is 1.26 bits per heavy atom. The molecule has 27 heavy (non-hydrogen) atoms. The van der Waals surface area contributed by atoms with E-state index >= 15 is 0 Å². The minimum atomic E-state index is 0.113. The van der Waals surface area contributed by atoms with E-state index in [-0.39, 0.29) is 18.1 Å². The van der Waals surface area contributed by atoms with Crippen molar-refractivity contribution in [2.75, 3.05) is 46.4 Å². The van der Waals surface area contributed by atoms with Crippen LogP contribution in [0, 0.1) is 0 Å². The van der Waals surface area contributed by atoms with Gasteiger partial charge in [-0.1, -0.05) is 32.0 Å². The highest BCUT2D eigenvalue weighted by Crippen LogP contribution is 2.30. The van der Waals surface area contributed by atoms with Gasteiger partial charge in [0.1, 0.15) is 5.75 Å². The van der Waals surface area contributed by atoms with E-state index in [9.17, 15) is 4.79 Å². The first-order chi connectivity index (χ1) is 13.1. The molecule has 2 aliphatic rings. The summed E-state index contributed by atoms with van der Waals surface area (Å²) in [6.07, 6.45) is 4.29. The molecule has 1 aromatic carbocycles. The second-order valence-electron chi connectivity index (χ2n) is 8.20. The average Bonchev–Trinajstić information content (AvgIpc) is 2.86. The Morgan fingerprint density at radius 2 is 2.00 bits per heavy atom. The van der Waals surface area contributed by atoms with Crippen molar-refractivity contribution in [1.82, 2.24) is 15.1 Å². The summed E-state index contributed by atoms with van der Waals surface area (Å²) in [6.45, 7) is 9.28. The molecule has 1 atom stereocenters. The first-order valence-corrected chi connectivity index (χ1v) is 10.5. The molecular weight excluding hydrogens is 338 g/mol. The lowest BCUT2D eigenvalue weighted by Crippen LogP contribution is -2.58. The molecule has 0 radical (unpaired) electrons. The van der Waals surface area contributed by atoms with Crippen LogP contribution in [0.3, 0.4) is 0 Å². The molecule has 0 unspecified atom stereocenters. The zero-order chi connectivity index (χ0) is 19.3. The molecule has 1 spiro atoms. The molecule has 5 nitrogen and oxygen atoms in total. The van der Waals surface area contributed by atoms with E-state index in [0.717, 1.165) is 64.2 Å². The third-order valence-electron chi connectivity index (χ3n) is 6.52. The van der Waals surface area contributed by atoms with Crippen LogP contribution in [0.5, 0.6) is 5.75 Å². The van der Waals surface area contributed by atoms with Crippen molar-refractivity contribution in [3.8, 4) is 5.75 Å². The number of para-hydroxylation sites is 1. The fourth-order valence-corrected chi connectivity index (χ4v) is 4.41. The van der Waals surface area contributed by atoms with Gasteiger partial charge in [-0.3, -0.25) is 9.69 Å². The van der Waals surface area contributed by atoms with Crippen LogP contribution in [0.15, 0.2) is 24.3 Å². The molecule has 0 bridgehead atoms. The van der Waals surface area contributed by atoms with Gasteiger partial charge in [-0.05, 0) is 63.4 Å². The van der Waals surface area contributed by atoms with E-state index in [1.54, 1.807) is 0 Å². The molecule has 0 aliphatic carbocycles. The summed E-state index contributed by atoms with van der Waals surface area (Å²) < 4.78 is 6.00. The van der Waals surface area contributed by atoms with Gasteiger partial charge in [0.25, 0.3) is 5.91 Å². The summed E-state index contributed by atoms with van der Waals surface area (Å²) in [6, 6.07) is 8.12. The third kappa shape index (κ3) is 4.64. The summed E-state index contributed by atoms with van der Waals surface area (Å²) in [5.74, 6) is 1.40. The Labute approximate surface area is 164 Å². The topological polar surface area (TPSA) is 44.8 Å². The molecule has 2 heterocycles. The van der Waals surface area contributed by atoms with E-state index in [1.807, 2.05) is 23.1 Å². The summed E-state index contributed by atoms with van der Waals surface area (Å²) in [7, 11) is 2.22. The van der Waals surface area contributed by atoms with E-state index in [1.165, 1.54) is 5.56 Å². The molecule has 1 aromatic rings. The number of benzene rings is 1. The average molecular weight is 374 g/mol. The second kappa shape index (κ2) is 9.07. The van der Waals surface area contributed by atoms with Gasteiger partial charge in [0, 0.05) is 25.2 Å². The summed E-state index contributed by atoms with van der Waals surface area (Å²) in [5, 5.41) is 3.46. The van der Waals surface area contributed by atoms with E-state index < -0.39 is 0 Å². The second-order valence-corrected chi connectivity index (χ2v) is 8.20. The number of piperidine rings is 1. The van der Waals surface area contributed by atoms with Gasteiger partial charge in [0.15, 0.2) is 6.61 Å². The SMILES string of the molecule is CC[C@H](C)c1ccccc1OCC(=O)N1CCCN(C)C2(CCNCC2)C1. The van der Waals surface area contributed by atoms with Crippen molar-refractivity contribution in [3.63, 3.8) is 0 Å². The van der Waals surface area contributed by atoms with E-state index in [2.05, 4.69) is 37.2 Å². The zero-order valence-electron chi connectivity index (χ0n) is 17.2. The maximum atomic E-state index is 13.0. The number of amides is 1. The smallest absolute Gasteiger partial charge is 0.260 e. The van der Waals surface area contributed by atoms with Gasteiger partial charge in [-0.25, -0.2) is 0 Å². The molecule has 0 aromatic heterocycles.